The topological polar surface area (TPSA) is 72.2 Å². The first-order valence-electron chi connectivity index (χ1n) is 5.61. The molecule has 0 amide bonds. The number of carbonyl (C=O) groups excluding carboxylic acids is 1. The van der Waals surface area contributed by atoms with Crippen LogP contribution in [-0.4, -0.2) is 26.6 Å². The summed E-state index contributed by atoms with van der Waals surface area (Å²) in [5.41, 5.74) is -1.66. The van der Waals surface area contributed by atoms with Crippen molar-refractivity contribution < 1.29 is 27.9 Å². The van der Waals surface area contributed by atoms with Crippen LogP contribution in [0.5, 0.6) is 0 Å². The maximum absolute atomic E-state index is 13.1. The minimum Gasteiger partial charge on any atom is -0.480 e. The van der Waals surface area contributed by atoms with E-state index in [1.54, 1.807) is 0 Å². The number of aliphatic carboxylic acids is 1. The van der Waals surface area contributed by atoms with Gasteiger partial charge in [-0.25, -0.2) is 0 Å². The van der Waals surface area contributed by atoms with Crippen molar-refractivity contribution >= 4 is 38.6 Å². The van der Waals surface area contributed by atoms with Crippen molar-refractivity contribution in [3.05, 3.63) is 27.9 Å². The van der Waals surface area contributed by atoms with Crippen LogP contribution in [0, 0.1) is 0 Å². The van der Waals surface area contributed by atoms with Crippen molar-refractivity contribution in [1.29, 1.82) is 0 Å². The van der Waals surface area contributed by atoms with Gasteiger partial charge in [0, 0.05) is 16.8 Å². The van der Waals surface area contributed by atoms with Gasteiger partial charge in [0.25, 0.3) is 0 Å². The Morgan fingerprint density at radius 2 is 2.00 bits per heavy atom. The Balaban J connectivity index is 2.91. The Morgan fingerprint density at radius 1 is 1.38 bits per heavy atom. The van der Waals surface area contributed by atoms with Crippen molar-refractivity contribution in [2.45, 2.75) is 19.6 Å². The van der Waals surface area contributed by atoms with Crippen molar-refractivity contribution in [2.24, 2.45) is 0 Å². The first kappa shape index (κ1) is 15.5. The molecule has 1 aromatic heterocycles. The summed E-state index contributed by atoms with van der Waals surface area (Å²) in [5, 5.41) is 12.5. The van der Waals surface area contributed by atoms with Crippen LogP contribution in [0.3, 0.4) is 0 Å². The number of ketones is 1. The molecule has 0 saturated carbocycles. The third-order valence-electron chi connectivity index (χ3n) is 2.73. The summed E-state index contributed by atoms with van der Waals surface area (Å²) in [6, 6.07) is 2.14. The van der Waals surface area contributed by atoms with Crippen LogP contribution in [0.4, 0.5) is 13.2 Å². The molecule has 0 aliphatic rings. The van der Waals surface area contributed by atoms with E-state index in [1.165, 1.54) is 6.07 Å². The molecule has 0 aliphatic heterocycles. The molecule has 2 rings (SSSR count). The van der Waals surface area contributed by atoms with Crippen molar-refractivity contribution in [3.8, 4) is 0 Å². The number of rotatable bonds is 3. The summed E-state index contributed by atoms with van der Waals surface area (Å²) >= 11 is 2.95. The maximum Gasteiger partial charge on any atom is 0.418 e. The summed E-state index contributed by atoms with van der Waals surface area (Å²) in [5.74, 6) is -1.90. The van der Waals surface area contributed by atoms with Gasteiger partial charge in [0.1, 0.15) is 12.2 Å². The van der Waals surface area contributed by atoms with E-state index in [0.29, 0.717) is 4.68 Å². The lowest BCUT2D eigenvalue weighted by molar-refractivity contribution is -0.139. The Kier molecular flexibility index (Phi) is 3.79. The molecule has 112 valence electrons. The molecule has 0 saturated heterocycles. The predicted octanol–water partition coefficient (Wildman–Crippen LogP) is 3.10. The van der Waals surface area contributed by atoms with Crippen LogP contribution in [0.2, 0.25) is 0 Å². The van der Waals surface area contributed by atoms with E-state index in [2.05, 4.69) is 21.0 Å². The molecule has 0 unspecified atom stereocenters. The zero-order valence-electron chi connectivity index (χ0n) is 10.5. The number of hydrogen-bond acceptors (Lipinski definition) is 3. The zero-order valence-corrected chi connectivity index (χ0v) is 12.1. The highest BCUT2D eigenvalue weighted by Gasteiger charge is 2.36. The number of alkyl halides is 3. The largest absolute Gasteiger partial charge is 0.480 e. The van der Waals surface area contributed by atoms with Crippen LogP contribution in [0.15, 0.2) is 16.6 Å². The Labute approximate surface area is 124 Å². The number of carboxylic acids is 1. The summed E-state index contributed by atoms with van der Waals surface area (Å²) in [6.07, 6.45) is -4.70. The zero-order chi connectivity index (χ0) is 15.9. The first-order chi connectivity index (χ1) is 9.61. The van der Waals surface area contributed by atoms with Gasteiger partial charge in [0.15, 0.2) is 5.78 Å². The highest BCUT2D eigenvalue weighted by molar-refractivity contribution is 9.10. The molecule has 1 heterocycles. The molecular weight excluding hydrogens is 357 g/mol. The SMILES string of the molecule is CC(=O)c1nn(CC(=O)O)c2c(C(F)(F)F)cc(Br)cc12. The predicted molar refractivity (Wildman–Crippen MR) is 70.1 cm³/mol. The summed E-state index contributed by atoms with van der Waals surface area (Å²) in [4.78, 5) is 22.3. The normalized spacial score (nSPS) is 11.9. The highest BCUT2D eigenvalue weighted by atomic mass is 79.9. The average Bonchev–Trinajstić information content (AvgIpc) is 2.64. The second-order valence-corrected chi connectivity index (χ2v) is 5.22. The van der Waals surface area contributed by atoms with E-state index in [-0.39, 0.29) is 15.6 Å². The van der Waals surface area contributed by atoms with Crippen molar-refractivity contribution in [2.75, 3.05) is 0 Å². The smallest absolute Gasteiger partial charge is 0.418 e. The number of hydrogen-bond donors (Lipinski definition) is 1. The molecule has 9 heteroatoms. The molecule has 0 radical (unpaired) electrons. The van der Waals surface area contributed by atoms with Gasteiger partial charge in [-0.2, -0.15) is 18.3 Å². The van der Waals surface area contributed by atoms with Gasteiger partial charge in [0.05, 0.1) is 11.1 Å². The molecule has 1 N–H and O–H groups in total. The molecule has 0 atom stereocenters. The summed E-state index contributed by atoms with van der Waals surface area (Å²) < 4.78 is 40.2. The third-order valence-corrected chi connectivity index (χ3v) is 3.19. The molecule has 1 aromatic carbocycles. The number of halogens is 4. The van der Waals surface area contributed by atoms with E-state index in [9.17, 15) is 22.8 Å². The fraction of sp³-hybridized carbons (Fsp3) is 0.250. The van der Waals surface area contributed by atoms with Crippen LogP contribution in [-0.2, 0) is 17.5 Å². The number of carbonyl (C=O) groups is 2. The van der Waals surface area contributed by atoms with Crippen LogP contribution in [0.25, 0.3) is 10.9 Å². The second-order valence-electron chi connectivity index (χ2n) is 4.30. The standard InChI is InChI=1S/C12H8BrF3N2O3/c1-5(19)10-7-2-6(13)3-8(12(14,15)16)11(7)18(17-10)4-9(20)21/h2-3H,4H2,1H3,(H,20,21). The average molecular weight is 365 g/mol. The molecule has 0 aliphatic carbocycles. The summed E-state index contributed by atoms with van der Waals surface area (Å²) in [7, 11) is 0. The molecule has 5 nitrogen and oxygen atoms in total. The minimum absolute atomic E-state index is 0.0366. The van der Waals surface area contributed by atoms with Gasteiger partial charge in [-0.3, -0.25) is 14.3 Å². The van der Waals surface area contributed by atoms with E-state index in [1.807, 2.05) is 0 Å². The highest BCUT2D eigenvalue weighted by Crippen LogP contribution is 2.38. The molecule has 2 aromatic rings. The number of Topliss-reactive ketones (excluding diaryl/α,β-unsaturated/α-hetero) is 1. The van der Waals surface area contributed by atoms with Gasteiger partial charge in [-0.1, -0.05) is 15.9 Å². The monoisotopic (exact) mass is 364 g/mol. The number of aromatic nitrogens is 2. The molecule has 0 spiro atoms. The fourth-order valence-electron chi connectivity index (χ4n) is 2.00. The lowest BCUT2D eigenvalue weighted by Crippen LogP contribution is -2.14. The summed E-state index contributed by atoms with van der Waals surface area (Å²) in [6.45, 7) is 0.384. The Bertz CT molecular complexity index is 752. The van der Waals surface area contributed by atoms with Gasteiger partial charge < -0.3 is 5.11 Å². The van der Waals surface area contributed by atoms with E-state index in [0.717, 1.165) is 13.0 Å². The van der Waals surface area contributed by atoms with Crippen LogP contribution in [0.1, 0.15) is 23.0 Å². The van der Waals surface area contributed by atoms with Crippen molar-refractivity contribution in [3.63, 3.8) is 0 Å². The van der Waals surface area contributed by atoms with E-state index < -0.39 is 35.6 Å². The van der Waals surface area contributed by atoms with Gasteiger partial charge in [-0.15, -0.1) is 0 Å². The van der Waals surface area contributed by atoms with Crippen LogP contribution >= 0.6 is 15.9 Å². The fourth-order valence-corrected chi connectivity index (χ4v) is 2.46. The number of benzene rings is 1. The van der Waals surface area contributed by atoms with E-state index in [4.69, 9.17) is 5.11 Å². The first-order valence-corrected chi connectivity index (χ1v) is 6.40. The molecule has 21 heavy (non-hydrogen) atoms. The quantitative estimate of drug-likeness (QED) is 0.849. The van der Waals surface area contributed by atoms with Gasteiger partial charge in [0.2, 0.25) is 0 Å². The second kappa shape index (κ2) is 5.14. The minimum atomic E-state index is -4.70. The van der Waals surface area contributed by atoms with Gasteiger partial charge >= 0.3 is 12.1 Å². The van der Waals surface area contributed by atoms with E-state index >= 15 is 0 Å². The number of fused-ring (bicyclic) bond motifs is 1. The lowest BCUT2D eigenvalue weighted by atomic mass is 10.1. The third kappa shape index (κ3) is 2.92. The lowest BCUT2D eigenvalue weighted by Gasteiger charge is -2.10. The van der Waals surface area contributed by atoms with Crippen molar-refractivity contribution in [1.82, 2.24) is 9.78 Å². The van der Waals surface area contributed by atoms with Gasteiger partial charge in [-0.05, 0) is 12.1 Å². The maximum atomic E-state index is 13.1. The molecule has 0 bridgehead atoms. The molecular formula is C12H8BrF3N2O3. The number of carboxylic acid groups (broad SMARTS) is 1. The van der Waals surface area contributed by atoms with Crippen LogP contribution < -0.4 is 0 Å². The Hall–Kier alpha value is -1.90. The Morgan fingerprint density at radius 3 is 2.48 bits per heavy atom. The molecule has 0 fully saturated rings. The number of nitrogens with zero attached hydrogens (tertiary/aromatic N) is 2.